The number of hydrogen-bond donors (Lipinski definition) is 2. The van der Waals surface area contributed by atoms with Gasteiger partial charge in [0.2, 0.25) is 11.7 Å². The summed E-state index contributed by atoms with van der Waals surface area (Å²) in [6.45, 7) is 0. The Labute approximate surface area is 186 Å². The molecule has 0 radical (unpaired) electrons. The predicted octanol–water partition coefficient (Wildman–Crippen LogP) is 2.46. The van der Waals surface area contributed by atoms with Gasteiger partial charge < -0.3 is 5.32 Å². The Morgan fingerprint density at radius 1 is 1.29 bits per heavy atom. The molecule has 158 valence electrons. The highest BCUT2D eigenvalue weighted by atomic mass is 79.9. The lowest BCUT2D eigenvalue weighted by Gasteiger charge is -2.10. The van der Waals surface area contributed by atoms with Crippen LogP contribution in [0, 0.1) is 11.8 Å². The molecule has 11 heteroatoms. The number of benzene rings is 1. The first-order chi connectivity index (χ1) is 15.1. The highest BCUT2D eigenvalue weighted by molar-refractivity contribution is 9.10. The Kier molecular flexibility index (Phi) is 5.18. The van der Waals surface area contributed by atoms with E-state index >= 15 is 0 Å². The fourth-order valence-corrected chi connectivity index (χ4v) is 4.62. The zero-order valence-corrected chi connectivity index (χ0v) is 18.4. The summed E-state index contributed by atoms with van der Waals surface area (Å²) >= 11 is 3.52. The number of amides is 1. The van der Waals surface area contributed by atoms with Crippen LogP contribution in [0.25, 0.3) is 28.1 Å². The van der Waals surface area contributed by atoms with Crippen molar-refractivity contribution in [3.63, 3.8) is 0 Å². The van der Waals surface area contributed by atoms with E-state index in [0.717, 1.165) is 53.8 Å². The first-order valence-corrected chi connectivity index (χ1v) is 10.9. The monoisotopic (exact) mass is 481 g/mol. The third-order valence-corrected chi connectivity index (χ3v) is 6.36. The summed E-state index contributed by atoms with van der Waals surface area (Å²) in [7, 11) is 1.69. The lowest BCUT2D eigenvalue weighted by molar-refractivity contribution is -0.124. The van der Waals surface area contributed by atoms with Gasteiger partial charge in [0.05, 0.1) is 11.1 Å². The van der Waals surface area contributed by atoms with E-state index in [-0.39, 0.29) is 11.8 Å². The van der Waals surface area contributed by atoms with Gasteiger partial charge in [-0.25, -0.2) is 14.6 Å². The molecule has 5 rings (SSSR count). The second kappa shape index (κ2) is 8.14. The molecule has 2 atom stereocenters. The van der Waals surface area contributed by atoms with Crippen molar-refractivity contribution in [2.75, 3.05) is 7.05 Å². The predicted molar refractivity (Wildman–Crippen MR) is 116 cm³/mol. The average molecular weight is 482 g/mol. The second-order valence-electron chi connectivity index (χ2n) is 7.70. The largest absolute Gasteiger partial charge is 0.359 e. The van der Waals surface area contributed by atoms with Crippen LogP contribution in [0.1, 0.15) is 25.1 Å². The van der Waals surface area contributed by atoms with Crippen LogP contribution in [0.4, 0.5) is 0 Å². The third kappa shape index (κ3) is 3.80. The molecule has 2 N–H and O–H groups in total. The minimum atomic E-state index is 0.0936. The van der Waals surface area contributed by atoms with Gasteiger partial charge in [0.25, 0.3) is 0 Å². The van der Waals surface area contributed by atoms with E-state index in [2.05, 4.69) is 52.0 Å². The molecular weight excluding hydrogens is 462 g/mol. The number of nitrogens with zero attached hydrogens (tertiary/aromatic N) is 7. The van der Waals surface area contributed by atoms with Gasteiger partial charge in [-0.15, -0.1) is 10.2 Å². The molecule has 3 aromatic heterocycles. The lowest BCUT2D eigenvalue weighted by Crippen LogP contribution is -2.25. The molecule has 31 heavy (non-hydrogen) atoms. The Hall–Kier alpha value is -3.21. The molecular formula is C20H20BrN9O. The van der Waals surface area contributed by atoms with Gasteiger partial charge in [-0.3, -0.25) is 4.79 Å². The van der Waals surface area contributed by atoms with Gasteiger partial charge in [-0.2, -0.15) is 10.3 Å². The maximum atomic E-state index is 11.9. The molecule has 0 aliphatic heterocycles. The summed E-state index contributed by atoms with van der Waals surface area (Å²) in [6, 6.07) is 7.72. The highest BCUT2D eigenvalue weighted by Gasteiger charge is 2.30. The molecule has 1 saturated carbocycles. The zero-order valence-electron chi connectivity index (χ0n) is 16.8. The Morgan fingerprint density at radius 2 is 2.13 bits per heavy atom. The van der Waals surface area contributed by atoms with Gasteiger partial charge in [-0.1, -0.05) is 0 Å². The van der Waals surface area contributed by atoms with E-state index in [0.29, 0.717) is 16.3 Å². The number of rotatable bonds is 5. The number of carbonyl (C=O) groups excluding carboxylic acids is 1. The molecule has 1 aromatic carbocycles. The van der Waals surface area contributed by atoms with Gasteiger partial charge in [0.1, 0.15) is 10.4 Å². The number of tetrazole rings is 1. The number of aromatic amines is 1. The van der Waals surface area contributed by atoms with Gasteiger partial charge in [0, 0.05) is 31.1 Å². The van der Waals surface area contributed by atoms with E-state index < -0.39 is 0 Å². The van der Waals surface area contributed by atoms with Crippen molar-refractivity contribution < 1.29 is 4.79 Å². The summed E-state index contributed by atoms with van der Waals surface area (Å²) in [4.78, 5) is 21.3. The van der Waals surface area contributed by atoms with Crippen LogP contribution < -0.4 is 5.32 Å². The number of H-pyrrole nitrogens is 1. The number of halogens is 1. The number of carbonyl (C=O) groups is 1. The summed E-state index contributed by atoms with van der Waals surface area (Å²) in [5.41, 5.74) is 2.47. The molecule has 0 saturated heterocycles. The Morgan fingerprint density at radius 3 is 2.87 bits per heavy atom. The van der Waals surface area contributed by atoms with Crippen molar-refractivity contribution in [1.29, 1.82) is 0 Å². The third-order valence-electron chi connectivity index (χ3n) is 5.77. The minimum absolute atomic E-state index is 0.0936. The number of nitrogens with one attached hydrogen (secondary N) is 2. The molecule has 0 unspecified atom stereocenters. The highest BCUT2D eigenvalue weighted by Crippen LogP contribution is 2.33. The second-order valence-corrected chi connectivity index (χ2v) is 8.45. The van der Waals surface area contributed by atoms with Gasteiger partial charge in [-0.05, 0) is 70.6 Å². The van der Waals surface area contributed by atoms with Crippen molar-refractivity contribution in [3.8, 4) is 17.1 Å². The van der Waals surface area contributed by atoms with Crippen molar-refractivity contribution in [3.05, 3.63) is 40.9 Å². The maximum Gasteiger partial charge on any atom is 0.222 e. The van der Waals surface area contributed by atoms with Crippen LogP contribution >= 0.6 is 15.9 Å². The fourth-order valence-electron chi connectivity index (χ4n) is 4.18. The van der Waals surface area contributed by atoms with Gasteiger partial charge in [0.15, 0.2) is 5.65 Å². The maximum absolute atomic E-state index is 11.9. The van der Waals surface area contributed by atoms with Crippen LogP contribution in [0.2, 0.25) is 0 Å². The van der Waals surface area contributed by atoms with Crippen molar-refractivity contribution in [2.24, 2.45) is 11.8 Å². The molecule has 0 spiro atoms. The van der Waals surface area contributed by atoms with Crippen molar-refractivity contribution >= 4 is 32.9 Å². The summed E-state index contributed by atoms with van der Waals surface area (Å²) < 4.78 is 2.49. The van der Waals surface area contributed by atoms with E-state index in [1.807, 2.05) is 30.5 Å². The van der Waals surface area contributed by atoms with Crippen LogP contribution in [-0.4, -0.2) is 53.3 Å². The van der Waals surface area contributed by atoms with E-state index in [1.54, 1.807) is 11.7 Å². The van der Waals surface area contributed by atoms with E-state index in [1.165, 1.54) is 0 Å². The topological polar surface area (TPSA) is 127 Å². The van der Waals surface area contributed by atoms with Crippen LogP contribution in [0.15, 0.2) is 35.1 Å². The van der Waals surface area contributed by atoms with Crippen molar-refractivity contribution in [2.45, 2.75) is 25.7 Å². The summed E-state index contributed by atoms with van der Waals surface area (Å²) in [6.07, 6.45) is 5.37. The SMILES string of the molecule is CNC(=O)[C@@H]1CC[C@@H](Cc2ncc3c(Br)nn(-c4ccc(-c5nn[nH]n5)cc4)c3n2)C1. The van der Waals surface area contributed by atoms with Crippen LogP contribution in [-0.2, 0) is 11.2 Å². The molecule has 4 aromatic rings. The molecule has 1 fully saturated rings. The molecule has 0 bridgehead atoms. The van der Waals surface area contributed by atoms with E-state index in [9.17, 15) is 4.79 Å². The number of aromatic nitrogens is 8. The number of fused-ring (bicyclic) bond motifs is 1. The van der Waals surface area contributed by atoms with Crippen molar-refractivity contribution in [1.82, 2.24) is 45.7 Å². The fraction of sp³-hybridized carbons (Fsp3) is 0.350. The minimum Gasteiger partial charge on any atom is -0.359 e. The molecule has 3 heterocycles. The smallest absolute Gasteiger partial charge is 0.222 e. The molecule has 1 aliphatic carbocycles. The van der Waals surface area contributed by atoms with E-state index in [4.69, 9.17) is 4.98 Å². The quantitative estimate of drug-likeness (QED) is 0.447. The Balaban J connectivity index is 1.41. The first kappa shape index (κ1) is 19.7. The summed E-state index contributed by atoms with van der Waals surface area (Å²) in [5.74, 6) is 1.94. The van der Waals surface area contributed by atoms with Gasteiger partial charge >= 0.3 is 0 Å². The van der Waals surface area contributed by atoms with Crippen LogP contribution in [0.3, 0.4) is 0 Å². The zero-order chi connectivity index (χ0) is 21.4. The molecule has 10 nitrogen and oxygen atoms in total. The summed E-state index contributed by atoms with van der Waals surface area (Å²) in [5, 5.41) is 22.3. The van der Waals surface area contributed by atoms with Crippen LogP contribution in [0.5, 0.6) is 0 Å². The molecule has 1 aliphatic rings. The number of hydrogen-bond acceptors (Lipinski definition) is 7. The first-order valence-electron chi connectivity index (χ1n) is 10.1. The Bertz CT molecular complexity index is 1220. The lowest BCUT2D eigenvalue weighted by atomic mass is 10.0. The normalized spacial score (nSPS) is 18.5. The average Bonchev–Trinajstić information content (AvgIpc) is 3.54. The standard InChI is InChI=1S/C20H20BrN9O/c1-22-20(31)13-3-2-11(8-13)9-16-23-10-15-17(21)27-30(19(15)24-16)14-6-4-12(5-7-14)18-25-28-29-26-18/h4-7,10-11,13H,2-3,8-9H2,1H3,(H,22,31)(H,25,26,28,29)/t11-,13-/m1/s1. The molecule has 1 amide bonds.